The van der Waals surface area contributed by atoms with Gasteiger partial charge in [-0.2, -0.15) is 0 Å². The second-order valence-electron chi connectivity index (χ2n) is 5.51. The van der Waals surface area contributed by atoms with Crippen LogP contribution < -0.4 is 5.32 Å². The molecule has 5 nitrogen and oxygen atoms in total. The Morgan fingerprint density at radius 3 is 2.05 bits per heavy atom. The quantitative estimate of drug-likeness (QED) is 0.755. The van der Waals surface area contributed by atoms with E-state index in [1.54, 1.807) is 24.3 Å². The minimum absolute atomic E-state index is 0.0650. The predicted octanol–water partition coefficient (Wildman–Crippen LogP) is 2.37. The summed E-state index contributed by atoms with van der Waals surface area (Å²) in [6.07, 6.45) is 0.513. The zero-order valence-corrected chi connectivity index (χ0v) is 12.6. The number of ketones is 1. The van der Waals surface area contributed by atoms with Crippen LogP contribution >= 0.6 is 0 Å². The lowest BCUT2D eigenvalue weighted by Gasteiger charge is -2.15. The number of carboxylic acid groups (broad SMARTS) is 1. The average Bonchev–Trinajstić information content (AvgIpc) is 2.42. The number of amides is 1. The normalized spacial score (nSPS) is 12.0. The maximum atomic E-state index is 11.9. The van der Waals surface area contributed by atoms with Crippen molar-refractivity contribution in [2.45, 2.75) is 27.2 Å². The fourth-order valence-corrected chi connectivity index (χ4v) is 2.01. The maximum absolute atomic E-state index is 11.9. The third kappa shape index (κ3) is 5.38. The number of nitrogens with one attached hydrogen (secondary N) is 1. The van der Waals surface area contributed by atoms with E-state index >= 15 is 0 Å². The van der Waals surface area contributed by atoms with Crippen LogP contribution in [0.1, 0.15) is 47.9 Å². The molecule has 1 aromatic carbocycles. The van der Waals surface area contributed by atoms with E-state index in [4.69, 9.17) is 5.11 Å². The van der Waals surface area contributed by atoms with E-state index in [1.165, 1.54) is 6.92 Å². The van der Waals surface area contributed by atoms with Gasteiger partial charge >= 0.3 is 5.97 Å². The molecule has 0 radical (unpaired) electrons. The minimum atomic E-state index is -0.907. The van der Waals surface area contributed by atoms with Gasteiger partial charge in [0.2, 0.25) is 0 Å². The van der Waals surface area contributed by atoms with Gasteiger partial charge in [0.05, 0.1) is 5.92 Å². The minimum Gasteiger partial charge on any atom is -0.481 e. The van der Waals surface area contributed by atoms with Gasteiger partial charge in [-0.05, 0) is 31.4 Å². The van der Waals surface area contributed by atoms with Crippen molar-refractivity contribution in [1.82, 2.24) is 5.32 Å². The van der Waals surface area contributed by atoms with Crippen LogP contribution in [0.2, 0.25) is 0 Å². The van der Waals surface area contributed by atoms with Gasteiger partial charge in [-0.15, -0.1) is 0 Å². The second-order valence-corrected chi connectivity index (χ2v) is 5.51. The zero-order chi connectivity index (χ0) is 16.0. The van der Waals surface area contributed by atoms with Crippen molar-refractivity contribution in [3.63, 3.8) is 0 Å². The predicted molar refractivity (Wildman–Crippen MR) is 79.4 cm³/mol. The van der Waals surface area contributed by atoms with Crippen molar-refractivity contribution in [3.8, 4) is 0 Å². The molecule has 0 aliphatic carbocycles. The number of carboxylic acids is 1. The Morgan fingerprint density at radius 1 is 1.10 bits per heavy atom. The molecule has 1 rings (SSSR count). The van der Waals surface area contributed by atoms with Gasteiger partial charge in [0, 0.05) is 17.7 Å². The Bertz CT molecular complexity index is 520. The van der Waals surface area contributed by atoms with E-state index in [9.17, 15) is 14.4 Å². The fourth-order valence-electron chi connectivity index (χ4n) is 2.01. The molecule has 1 unspecified atom stereocenters. The maximum Gasteiger partial charge on any atom is 0.308 e. The smallest absolute Gasteiger partial charge is 0.308 e. The molecule has 0 bridgehead atoms. The summed E-state index contributed by atoms with van der Waals surface area (Å²) in [6, 6.07) is 6.29. The highest BCUT2D eigenvalue weighted by Crippen LogP contribution is 2.12. The molecule has 0 heterocycles. The number of carbonyl (C=O) groups is 3. The molecule has 0 saturated heterocycles. The van der Waals surface area contributed by atoms with Crippen molar-refractivity contribution >= 4 is 17.7 Å². The number of rotatable bonds is 7. The molecule has 1 amide bonds. The standard InChI is InChI=1S/C16H21NO4/c1-10(2)8-14(16(20)21)9-17-15(19)13-6-4-12(5-7-13)11(3)18/h4-7,10,14H,8-9H2,1-3H3,(H,17,19)(H,20,21). The second kappa shape index (κ2) is 7.57. The molecule has 0 spiro atoms. The Balaban J connectivity index is 2.63. The average molecular weight is 291 g/mol. The monoisotopic (exact) mass is 291 g/mol. The van der Waals surface area contributed by atoms with E-state index < -0.39 is 11.9 Å². The first-order valence-electron chi connectivity index (χ1n) is 6.93. The Morgan fingerprint density at radius 2 is 1.62 bits per heavy atom. The fraction of sp³-hybridized carbons (Fsp3) is 0.438. The number of hydrogen-bond acceptors (Lipinski definition) is 3. The zero-order valence-electron chi connectivity index (χ0n) is 12.6. The van der Waals surface area contributed by atoms with Gasteiger partial charge < -0.3 is 10.4 Å². The van der Waals surface area contributed by atoms with E-state index in [1.807, 2.05) is 13.8 Å². The summed E-state index contributed by atoms with van der Waals surface area (Å²) in [6.45, 7) is 5.44. The SMILES string of the molecule is CC(=O)c1ccc(C(=O)NCC(CC(C)C)C(=O)O)cc1. The third-order valence-electron chi connectivity index (χ3n) is 3.17. The van der Waals surface area contributed by atoms with Crippen LogP contribution in [0.5, 0.6) is 0 Å². The molecule has 21 heavy (non-hydrogen) atoms. The Hall–Kier alpha value is -2.17. The number of benzene rings is 1. The molecular formula is C16H21NO4. The number of carbonyl (C=O) groups excluding carboxylic acids is 2. The van der Waals surface area contributed by atoms with Crippen molar-refractivity contribution in [3.05, 3.63) is 35.4 Å². The highest BCUT2D eigenvalue weighted by atomic mass is 16.4. The number of aliphatic carboxylic acids is 1. The van der Waals surface area contributed by atoms with Crippen LogP contribution in [0, 0.1) is 11.8 Å². The van der Waals surface area contributed by atoms with E-state index in [0.29, 0.717) is 17.5 Å². The van der Waals surface area contributed by atoms with Crippen molar-refractivity contribution in [1.29, 1.82) is 0 Å². The molecule has 5 heteroatoms. The van der Waals surface area contributed by atoms with Crippen molar-refractivity contribution < 1.29 is 19.5 Å². The molecule has 0 aromatic heterocycles. The molecule has 1 aromatic rings. The van der Waals surface area contributed by atoms with E-state index in [2.05, 4.69) is 5.32 Å². The van der Waals surface area contributed by atoms with Crippen LogP contribution in [0.15, 0.2) is 24.3 Å². The molecule has 1 atom stereocenters. The Labute approximate surface area is 124 Å². The first-order chi connectivity index (χ1) is 9.81. The molecule has 0 aliphatic rings. The first-order valence-corrected chi connectivity index (χ1v) is 6.93. The van der Waals surface area contributed by atoms with Gasteiger partial charge in [0.15, 0.2) is 5.78 Å². The van der Waals surface area contributed by atoms with Crippen LogP contribution in [0.3, 0.4) is 0 Å². The highest BCUT2D eigenvalue weighted by molar-refractivity contribution is 5.97. The van der Waals surface area contributed by atoms with Crippen LogP contribution in [-0.2, 0) is 4.79 Å². The van der Waals surface area contributed by atoms with Crippen molar-refractivity contribution in [2.24, 2.45) is 11.8 Å². The summed E-state index contributed by atoms with van der Waals surface area (Å²) in [4.78, 5) is 34.2. The van der Waals surface area contributed by atoms with Crippen LogP contribution in [0.25, 0.3) is 0 Å². The van der Waals surface area contributed by atoms with E-state index in [0.717, 1.165) is 0 Å². The summed E-state index contributed by atoms with van der Waals surface area (Å²) in [5, 5.41) is 11.7. The summed E-state index contributed by atoms with van der Waals surface area (Å²) in [5.41, 5.74) is 0.948. The summed E-state index contributed by atoms with van der Waals surface area (Å²) < 4.78 is 0. The number of hydrogen-bond donors (Lipinski definition) is 2. The van der Waals surface area contributed by atoms with Gasteiger partial charge in [0.1, 0.15) is 0 Å². The van der Waals surface area contributed by atoms with Crippen LogP contribution in [0.4, 0.5) is 0 Å². The molecule has 0 aliphatic heterocycles. The highest BCUT2D eigenvalue weighted by Gasteiger charge is 2.20. The topological polar surface area (TPSA) is 83.5 Å². The lowest BCUT2D eigenvalue weighted by atomic mass is 9.97. The molecule has 114 valence electrons. The molecule has 2 N–H and O–H groups in total. The third-order valence-corrected chi connectivity index (χ3v) is 3.17. The largest absolute Gasteiger partial charge is 0.481 e. The van der Waals surface area contributed by atoms with Gasteiger partial charge in [-0.3, -0.25) is 14.4 Å². The lowest BCUT2D eigenvalue weighted by Crippen LogP contribution is -2.33. The Kier molecular flexibility index (Phi) is 6.09. The first kappa shape index (κ1) is 16.9. The molecule has 0 saturated carbocycles. The van der Waals surface area contributed by atoms with Crippen LogP contribution in [-0.4, -0.2) is 29.3 Å². The van der Waals surface area contributed by atoms with Gasteiger partial charge in [0.25, 0.3) is 5.91 Å². The van der Waals surface area contributed by atoms with Crippen molar-refractivity contribution in [2.75, 3.05) is 6.54 Å². The summed E-state index contributed by atoms with van der Waals surface area (Å²) in [7, 11) is 0. The summed E-state index contributed by atoms with van der Waals surface area (Å²) >= 11 is 0. The van der Waals surface area contributed by atoms with E-state index in [-0.39, 0.29) is 24.2 Å². The summed E-state index contributed by atoms with van der Waals surface area (Å²) in [5.74, 6) is -1.65. The lowest BCUT2D eigenvalue weighted by molar-refractivity contribution is -0.142. The molecular weight excluding hydrogens is 270 g/mol. The van der Waals surface area contributed by atoms with Gasteiger partial charge in [-0.1, -0.05) is 26.0 Å². The van der Waals surface area contributed by atoms with Gasteiger partial charge in [-0.25, -0.2) is 0 Å². The molecule has 0 fully saturated rings. The number of Topliss-reactive ketones (excluding diaryl/α,β-unsaturated/α-hetero) is 1.